The van der Waals surface area contributed by atoms with Gasteiger partial charge in [-0.25, -0.2) is 61.8 Å². The van der Waals surface area contributed by atoms with E-state index >= 15 is 0 Å². The first-order chi connectivity index (χ1) is 23.7. The topological polar surface area (TPSA) is 36.9 Å². The lowest BCUT2D eigenvalue weighted by molar-refractivity contribution is -0.542. The Morgan fingerprint density at radius 1 is 0.309 bits per heavy atom. The van der Waals surface area contributed by atoms with Gasteiger partial charge in [-0.15, -0.1) is 0 Å². The molecule has 0 bridgehead atoms. The van der Waals surface area contributed by atoms with Gasteiger partial charge in [0.2, 0.25) is 5.41 Å². The minimum absolute atomic E-state index is 0.182. The molecule has 0 aliphatic carbocycles. The summed E-state index contributed by atoms with van der Waals surface area (Å²) in [6, 6.07) is 0. The highest BCUT2D eigenvalue weighted by Crippen LogP contribution is 2.59. The van der Waals surface area contributed by atoms with Crippen molar-refractivity contribution >= 4 is 0 Å². The molecule has 55 heavy (non-hydrogen) atoms. The van der Waals surface area contributed by atoms with Crippen LogP contribution in [0, 0.1) is 16.2 Å². The molecule has 334 valence electrons. The summed E-state index contributed by atoms with van der Waals surface area (Å²) in [4.78, 5) is 0. The van der Waals surface area contributed by atoms with Crippen molar-refractivity contribution in [1.29, 1.82) is 0 Å². The van der Waals surface area contributed by atoms with Gasteiger partial charge >= 0.3 is 55.0 Å². The van der Waals surface area contributed by atoms with Gasteiger partial charge in [0.05, 0.1) is 0 Å². The summed E-state index contributed by atoms with van der Waals surface area (Å²) in [5, 5.41) is 0. The zero-order valence-corrected chi connectivity index (χ0v) is 26.1. The van der Waals surface area contributed by atoms with Crippen LogP contribution in [-0.4, -0.2) is 93.6 Å². The van der Waals surface area contributed by atoms with E-state index in [1.807, 2.05) is 14.2 Å². The van der Waals surface area contributed by atoms with E-state index < -0.39 is 124 Å². The van der Waals surface area contributed by atoms with Gasteiger partial charge in [-0.05, 0) is 27.7 Å². The van der Waals surface area contributed by atoms with E-state index in [1.165, 1.54) is 0 Å². The Kier molecular flexibility index (Phi) is 16.9. The van der Waals surface area contributed by atoms with Crippen molar-refractivity contribution in [3.8, 4) is 0 Å². The lowest BCUT2D eigenvalue weighted by atomic mass is 9.86. The minimum Gasteiger partial charge on any atom is -0.254 e. The van der Waals surface area contributed by atoms with Crippen molar-refractivity contribution in [2.45, 2.75) is 121 Å². The highest BCUT2D eigenvalue weighted by molar-refractivity contribution is 4.98. The largest absolute Gasteiger partial charge is 0.453 e. The summed E-state index contributed by atoms with van der Waals surface area (Å²) in [5.41, 5.74) is -21.3. The Morgan fingerprint density at radius 3 is 0.873 bits per heavy atom. The van der Waals surface area contributed by atoms with Crippen molar-refractivity contribution in [1.82, 2.24) is 0 Å². The molecule has 0 aromatic carbocycles. The summed E-state index contributed by atoms with van der Waals surface area (Å²) in [6.07, 6.45) is -76.4. The van der Waals surface area contributed by atoms with E-state index in [0.717, 1.165) is 0 Å². The molecule has 0 aliphatic rings. The zero-order chi connectivity index (χ0) is 45.4. The highest BCUT2D eigenvalue weighted by Gasteiger charge is 2.80. The van der Waals surface area contributed by atoms with Crippen LogP contribution >= 0.6 is 0 Å². The maximum absolute atomic E-state index is 14.0. The molecule has 0 radical (unpaired) electrons. The van der Waals surface area contributed by atoms with Crippen LogP contribution in [0.4, 0.5) is 127 Å². The number of hydrogen-bond donors (Lipinski definition) is 0. The molecule has 0 saturated carbocycles. The summed E-state index contributed by atoms with van der Waals surface area (Å²) in [6.45, 7) is -7.01. The highest BCUT2D eigenvalue weighted by atomic mass is 19.4. The third kappa shape index (κ3) is 10.5. The third-order valence-corrected chi connectivity index (χ3v) is 6.90. The van der Waals surface area contributed by atoms with E-state index in [2.05, 4.69) is 4.74 Å². The summed E-state index contributed by atoms with van der Waals surface area (Å²) < 4.78 is 382. The van der Waals surface area contributed by atoms with Gasteiger partial charge in [-0.1, -0.05) is 0 Å². The number of ether oxygens (including phenoxy) is 4. The molecule has 33 heteroatoms. The third-order valence-electron chi connectivity index (χ3n) is 6.90. The van der Waals surface area contributed by atoms with Gasteiger partial charge in [0, 0.05) is 0 Å². The van der Waals surface area contributed by atoms with Crippen LogP contribution in [0.2, 0.25) is 0 Å². The van der Waals surface area contributed by atoms with Gasteiger partial charge in [-0.3, -0.25) is 14.2 Å². The van der Waals surface area contributed by atoms with E-state index in [-0.39, 0.29) is 13.8 Å². The fourth-order valence-corrected chi connectivity index (χ4v) is 2.50. The van der Waals surface area contributed by atoms with Gasteiger partial charge in [0.1, 0.15) is 5.41 Å². The van der Waals surface area contributed by atoms with Crippen LogP contribution < -0.4 is 0 Å². The van der Waals surface area contributed by atoms with Crippen LogP contribution in [0.25, 0.3) is 0 Å². The molecule has 0 saturated heterocycles. The maximum Gasteiger partial charge on any atom is 0.453 e. The molecule has 0 heterocycles. The molecule has 0 spiro atoms. The van der Waals surface area contributed by atoms with E-state index in [9.17, 15) is 127 Å². The summed E-state index contributed by atoms with van der Waals surface area (Å²) in [5.74, 6) is 0. The molecular weight excluding hydrogens is 879 g/mol. The Balaban J connectivity index is 0. The normalized spacial score (nSPS) is 16.6. The number of hydrogen-bond acceptors (Lipinski definition) is 4. The predicted octanol–water partition coefficient (Wildman–Crippen LogP) is 11.7. The second-order valence-corrected chi connectivity index (χ2v) is 11.1. The molecule has 0 aliphatic heterocycles. The van der Waals surface area contributed by atoms with Crippen LogP contribution in [0.1, 0.15) is 27.7 Å². The molecule has 1 atom stereocenters. The van der Waals surface area contributed by atoms with Crippen molar-refractivity contribution in [3.05, 3.63) is 0 Å². The minimum atomic E-state index is -7.04. The Labute approximate surface area is 285 Å². The zero-order valence-electron chi connectivity index (χ0n) is 26.1. The average Bonchev–Trinajstić information content (AvgIpc) is 2.92. The standard InChI is InChI=1S/C13H12F16O3.C9H7F13O/c1-7(2,4(14)15)9(20,21)31-10(22,23)8(3,5(16)17)11(24,25)32-13(28,29)12(26,27)30-6(18)19;1-6(2(10)11,3(12)13)8(19,20)23-9(21,22)7(18,4(14)15)5(16)17/h4-6H,1-3H3;2-5H,1H3. The van der Waals surface area contributed by atoms with Gasteiger partial charge < -0.3 is 0 Å². The first kappa shape index (κ1) is 54.9. The molecule has 0 fully saturated rings. The monoisotopic (exact) mass is 898 g/mol. The fraction of sp³-hybridized carbons (Fsp3) is 1.00. The first-order valence-corrected chi connectivity index (χ1v) is 12.8. The fourth-order valence-electron chi connectivity index (χ4n) is 2.50. The van der Waals surface area contributed by atoms with Crippen LogP contribution in [0.15, 0.2) is 0 Å². The van der Waals surface area contributed by atoms with E-state index in [0.29, 0.717) is 0 Å². The lowest BCUT2D eigenvalue weighted by Gasteiger charge is -2.44. The van der Waals surface area contributed by atoms with Crippen LogP contribution in [0.3, 0.4) is 0 Å². The number of alkyl halides is 29. The van der Waals surface area contributed by atoms with E-state index in [1.54, 1.807) is 0 Å². The average molecular weight is 898 g/mol. The molecule has 1 unspecified atom stereocenters. The second-order valence-electron chi connectivity index (χ2n) is 11.1. The van der Waals surface area contributed by atoms with Gasteiger partial charge in [-0.2, -0.15) is 70.2 Å². The lowest BCUT2D eigenvalue weighted by Crippen LogP contribution is -2.64. The van der Waals surface area contributed by atoms with Crippen molar-refractivity contribution in [2.24, 2.45) is 16.2 Å². The first-order valence-electron chi connectivity index (χ1n) is 12.8. The van der Waals surface area contributed by atoms with Gasteiger partial charge in [0.15, 0.2) is 5.41 Å². The molecule has 0 N–H and O–H groups in total. The summed E-state index contributed by atoms with van der Waals surface area (Å²) >= 11 is 0. The molecular formula is C22H19F29O4. The quantitative estimate of drug-likeness (QED) is 0.114. The maximum atomic E-state index is 14.0. The van der Waals surface area contributed by atoms with Crippen molar-refractivity contribution in [3.63, 3.8) is 0 Å². The number of rotatable bonds is 20. The molecule has 0 aromatic rings. The predicted molar refractivity (Wildman–Crippen MR) is 115 cm³/mol. The second kappa shape index (κ2) is 17.0. The SMILES string of the molecule is CC(C(F)F)(C(F)F)C(F)(F)OC(F)(F)C(F)(C(F)F)C(F)F.CC(C)(C(F)F)C(F)(F)OC(F)(F)C(C)(C(F)F)C(F)(F)OC(F)(F)C(F)(F)OC(F)F. The Hall–Kier alpha value is -2.19. The molecule has 0 aromatic heterocycles. The van der Waals surface area contributed by atoms with Gasteiger partial charge in [0.25, 0.3) is 38.6 Å². The smallest absolute Gasteiger partial charge is 0.254 e. The Bertz CT molecular complexity index is 1150. The molecule has 0 amide bonds. The Morgan fingerprint density at radius 2 is 0.618 bits per heavy atom. The number of halogens is 29. The molecule has 0 rings (SSSR count). The van der Waals surface area contributed by atoms with E-state index in [4.69, 9.17) is 0 Å². The van der Waals surface area contributed by atoms with Crippen molar-refractivity contribution in [2.75, 3.05) is 0 Å². The summed E-state index contributed by atoms with van der Waals surface area (Å²) in [7, 11) is 0. The van der Waals surface area contributed by atoms with Crippen LogP contribution in [0.5, 0.6) is 0 Å². The molecule has 4 nitrogen and oxygen atoms in total. The van der Waals surface area contributed by atoms with Crippen LogP contribution in [-0.2, 0) is 18.9 Å². The van der Waals surface area contributed by atoms with Crippen molar-refractivity contribution < 1.29 is 146 Å².